The lowest BCUT2D eigenvalue weighted by molar-refractivity contribution is 0.317. The molecule has 0 unspecified atom stereocenters. The van der Waals surface area contributed by atoms with E-state index < -0.39 is 10.0 Å². The number of halogens is 1. The number of aromatic nitrogens is 2. The minimum atomic E-state index is -3.47. The van der Waals surface area contributed by atoms with Gasteiger partial charge in [-0.2, -0.15) is 4.31 Å². The molecule has 21 heavy (non-hydrogen) atoms. The van der Waals surface area contributed by atoms with E-state index in [1.54, 1.807) is 17.6 Å². The summed E-state index contributed by atoms with van der Waals surface area (Å²) in [7, 11) is -3.47. The zero-order chi connectivity index (χ0) is 14.9. The molecule has 1 fully saturated rings. The first-order valence-corrected chi connectivity index (χ1v) is 9.28. The highest BCUT2D eigenvalue weighted by Gasteiger charge is 2.32. The van der Waals surface area contributed by atoms with Crippen molar-refractivity contribution < 1.29 is 8.42 Å². The van der Waals surface area contributed by atoms with Crippen LogP contribution in [0.5, 0.6) is 0 Å². The Hall–Kier alpha value is -1.02. The van der Waals surface area contributed by atoms with Gasteiger partial charge in [0, 0.05) is 30.9 Å². The molecular formula is C13H14ClN3O2S2. The van der Waals surface area contributed by atoms with E-state index in [0.29, 0.717) is 24.0 Å². The van der Waals surface area contributed by atoms with Gasteiger partial charge in [-0.05, 0) is 30.4 Å². The van der Waals surface area contributed by atoms with Gasteiger partial charge in [-0.25, -0.2) is 18.4 Å². The fourth-order valence-electron chi connectivity index (χ4n) is 2.52. The molecule has 0 saturated carbocycles. The maximum absolute atomic E-state index is 12.5. The first-order valence-electron chi connectivity index (χ1n) is 6.58. The molecule has 0 amide bonds. The summed E-state index contributed by atoms with van der Waals surface area (Å²) in [6.07, 6.45) is 4.78. The number of nitrogens with zero attached hydrogens (tertiary/aromatic N) is 3. The lowest BCUT2D eigenvalue weighted by Crippen LogP contribution is -2.37. The van der Waals surface area contributed by atoms with Gasteiger partial charge >= 0.3 is 0 Å². The molecule has 0 radical (unpaired) electrons. The summed E-state index contributed by atoms with van der Waals surface area (Å²) in [6.45, 7) is 0.983. The molecule has 0 bridgehead atoms. The number of hydrogen-bond donors (Lipinski definition) is 0. The molecule has 0 N–H and O–H groups in total. The van der Waals surface area contributed by atoms with Gasteiger partial charge in [-0.3, -0.25) is 0 Å². The van der Waals surface area contributed by atoms with Gasteiger partial charge < -0.3 is 0 Å². The van der Waals surface area contributed by atoms with Crippen molar-refractivity contribution in [1.29, 1.82) is 0 Å². The molecule has 2 aromatic heterocycles. The largest absolute Gasteiger partial charge is 0.254 e. The Kier molecular flexibility index (Phi) is 4.26. The van der Waals surface area contributed by atoms with Crippen molar-refractivity contribution in [2.75, 3.05) is 13.1 Å². The Labute approximate surface area is 132 Å². The smallest absolute Gasteiger partial charge is 0.245 e. The predicted molar refractivity (Wildman–Crippen MR) is 82.1 cm³/mol. The molecule has 1 saturated heterocycles. The van der Waals surface area contributed by atoms with Crippen LogP contribution >= 0.6 is 22.9 Å². The van der Waals surface area contributed by atoms with Crippen LogP contribution in [0.3, 0.4) is 0 Å². The molecule has 8 heteroatoms. The summed E-state index contributed by atoms with van der Waals surface area (Å²) in [5, 5.41) is 2.00. The summed E-state index contributed by atoms with van der Waals surface area (Å²) in [5.41, 5.74) is 0.983. The minimum absolute atomic E-state index is 0.240. The Morgan fingerprint density at radius 3 is 2.62 bits per heavy atom. The summed E-state index contributed by atoms with van der Waals surface area (Å²) in [6, 6.07) is 3.51. The molecule has 0 aliphatic carbocycles. The molecule has 2 aromatic rings. The first kappa shape index (κ1) is 14.9. The van der Waals surface area contributed by atoms with Crippen LogP contribution in [0, 0.1) is 0 Å². The molecule has 3 heterocycles. The van der Waals surface area contributed by atoms with Crippen molar-refractivity contribution >= 4 is 33.0 Å². The van der Waals surface area contributed by atoms with E-state index in [4.69, 9.17) is 11.6 Å². The Morgan fingerprint density at radius 2 is 2.05 bits per heavy atom. The standard InChI is InChI=1S/C13H14ClN3O2S2/c14-11-4-8-20-13(11)21(18,19)17-6-2-10(3-7-17)12-1-5-15-9-16-12/h1,4-5,8-10H,2-3,6-7H2. The average Bonchev–Trinajstić information content (AvgIpc) is 2.95. The van der Waals surface area contributed by atoms with Crippen LogP contribution in [0.25, 0.3) is 0 Å². The van der Waals surface area contributed by atoms with E-state index in [-0.39, 0.29) is 4.21 Å². The number of piperidine rings is 1. The van der Waals surface area contributed by atoms with Crippen LogP contribution in [-0.4, -0.2) is 35.8 Å². The molecule has 1 aliphatic rings. The van der Waals surface area contributed by atoms with Crippen molar-refractivity contribution in [2.45, 2.75) is 23.0 Å². The molecule has 0 spiro atoms. The minimum Gasteiger partial charge on any atom is -0.245 e. The van der Waals surface area contributed by atoms with Crippen LogP contribution < -0.4 is 0 Å². The summed E-state index contributed by atoms with van der Waals surface area (Å²) in [4.78, 5) is 8.16. The third kappa shape index (κ3) is 2.96. The van der Waals surface area contributed by atoms with Crippen LogP contribution in [0.4, 0.5) is 0 Å². The molecule has 1 aliphatic heterocycles. The Balaban J connectivity index is 1.73. The van der Waals surface area contributed by atoms with E-state index in [0.717, 1.165) is 18.5 Å². The van der Waals surface area contributed by atoms with E-state index in [9.17, 15) is 8.42 Å². The molecule has 3 rings (SSSR count). The molecule has 112 valence electrons. The second-order valence-corrected chi connectivity index (χ2v) is 8.33. The number of hydrogen-bond acceptors (Lipinski definition) is 5. The van der Waals surface area contributed by atoms with Gasteiger partial charge in [0.2, 0.25) is 0 Å². The SMILES string of the molecule is O=S(=O)(c1sccc1Cl)N1CCC(c2ccncn2)CC1. The predicted octanol–water partition coefficient (Wildman–Crippen LogP) is 2.76. The topological polar surface area (TPSA) is 63.2 Å². The van der Waals surface area contributed by atoms with E-state index >= 15 is 0 Å². The zero-order valence-corrected chi connectivity index (χ0v) is 13.5. The van der Waals surface area contributed by atoms with E-state index in [2.05, 4.69) is 9.97 Å². The summed E-state index contributed by atoms with van der Waals surface area (Å²) >= 11 is 7.12. The summed E-state index contributed by atoms with van der Waals surface area (Å²) in [5.74, 6) is 0.290. The van der Waals surface area contributed by atoms with Gasteiger partial charge in [0.25, 0.3) is 10.0 Å². The average molecular weight is 344 g/mol. The Bertz CT molecular complexity index is 710. The lowest BCUT2D eigenvalue weighted by Gasteiger charge is -2.30. The van der Waals surface area contributed by atoms with Crippen LogP contribution in [0.2, 0.25) is 5.02 Å². The second-order valence-electron chi connectivity index (χ2n) is 4.87. The molecule has 0 atom stereocenters. The fraction of sp³-hybridized carbons (Fsp3) is 0.385. The maximum Gasteiger partial charge on any atom is 0.254 e. The maximum atomic E-state index is 12.5. The monoisotopic (exact) mass is 343 g/mol. The van der Waals surface area contributed by atoms with Crippen LogP contribution in [0.1, 0.15) is 24.5 Å². The van der Waals surface area contributed by atoms with Gasteiger partial charge in [-0.15, -0.1) is 11.3 Å². The quantitative estimate of drug-likeness (QED) is 0.859. The van der Waals surface area contributed by atoms with E-state index in [1.807, 2.05) is 6.07 Å². The van der Waals surface area contributed by atoms with Crippen molar-refractivity contribution in [2.24, 2.45) is 0 Å². The number of rotatable bonds is 3. The third-order valence-electron chi connectivity index (χ3n) is 3.64. The normalized spacial score (nSPS) is 18.0. The van der Waals surface area contributed by atoms with Crippen molar-refractivity contribution in [3.05, 3.63) is 40.8 Å². The van der Waals surface area contributed by atoms with Gasteiger partial charge in [0.05, 0.1) is 5.02 Å². The highest BCUT2D eigenvalue weighted by atomic mass is 35.5. The summed E-state index contributed by atoms with van der Waals surface area (Å²) < 4.78 is 26.8. The highest BCUT2D eigenvalue weighted by Crippen LogP contribution is 2.34. The Morgan fingerprint density at radius 1 is 1.29 bits per heavy atom. The first-order chi connectivity index (χ1) is 10.1. The fourth-order valence-corrected chi connectivity index (χ4v) is 5.80. The zero-order valence-electron chi connectivity index (χ0n) is 11.1. The van der Waals surface area contributed by atoms with Gasteiger partial charge in [-0.1, -0.05) is 11.6 Å². The van der Waals surface area contributed by atoms with Crippen molar-refractivity contribution in [3.63, 3.8) is 0 Å². The second kappa shape index (κ2) is 6.00. The van der Waals surface area contributed by atoms with Gasteiger partial charge in [0.1, 0.15) is 6.33 Å². The van der Waals surface area contributed by atoms with Crippen molar-refractivity contribution in [1.82, 2.24) is 14.3 Å². The number of sulfonamides is 1. The lowest BCUT2D eigenvalue weighted by atomic mass is 9.94. The van der Waals surface area contributed by atoms with Crippen molar-refractivity contribution in [3.8, 4) is 0 Å². The van der Waals surface area contributed by atoms with Crippen LogP contribution in [-0.2, 0) is 10.0 Å². The van der Waals surface area contributed by atoms with Crippen LogP contribution in [0.15, 0.2) is 34.2 Å². The van der Waals surface area contributed by atoms with E-state index in [1.165, 1.54) is 22.0 Å². The number of thiophene rings is 1. The van der Waals surface area contributed by atoms with Gasteiger partial charge in [0.15, 0.2) is 4.21 Å². The molecule has 0 aromatic carbocycles. The molecule has 5 nitrogen and oxygen atoms in total. The molecular weight excluding hydrogens is 330 g/mol. The third-order valence-corrected chi connectivity index (χ3v) is 7.53. The highest BCUT2D eigenvalue weighted by molar-refractivity contribution is 7.91.